The van der Waals surface area contributed by atoms with Crippen LogP contribution in [-0.4, -0.2) is 24.1 Å². The van der Waals surface area contributed by atoms with E-state index in [9.17, 15) is 10.1 Å². The van der Waals surface area contributed by atoms with Crippen LogP contribution in [0.5, 0.6) is 0 Å². The Morgan fingerprint density at radius 3 is 2.88 bits per heavy atom. The minimum atomic E-state index is -0.345. The molecule has 0 fully saturated rings. The van der Waals surface area contributed by atoms with Crippen molar-refractivity contribution < 1.29 is 4.92 Å². The summed E-state index contributed by atoms with van der Waals surface area (Å²) in [6.45, 7) is 3.49. The Morgan fingerprint density at radius 2 is 2.38 bits per heavy atom. The van der Waals surface area contributed by atoms with Gasteiger partial charge in [-0.25, -0.2) is 0 Å². The van der Waals surface area contributed by atoms with Gasteiger partial charge in [0.05, 0.1) is 4.92 Å². The standard InChI is InChI=1S/C10H17N3O2S/c1-2-8(12-6-5-11)7-9-3-4-10(16-9)13(14)15/h3-4,8,12H,2,5-7,11H2,1H3. The van der Waals surface area contributed by atoms with Gasteiger partial charge in [0.15, 0.2) is 0 Å². The highest BCUT2D eigenvalue weighted by Crippen LogP contribution is 2.25. The molecule has 1 aromatic heterocycles. The summed E-state index contributed by atoms with van der Waals surface area (Å²) in [5.41, 5.74) is 5.42. The number of hydrogen-bond acceptors (Lipinski definition) is 5. The second-order valence-electron chi connectivity index (χ2n) is 3.55. The van der Waals surface area contributed by atoms with Gasteiger partial charge in [0.25, 0.3) is 0 Å². The molecule has 1 aromatic rings. The molecule has 6 heteroatoms. The first-order valence-corrected chi connectivity index (χ1v) is 6.15. The van der Waals surface area contributed by atoms with E-state index in [1.54, 1.807) is 6.07 Å². The molecule has 0 radical (unpaired) electrons. The Hall–Kier alpha value is -0.980. The molecular formula is C10H17N3O2S. The monoisotopic (exact) mass is 243 g/mol. The molecule has 0 aliphatic rings. The lowest BCUT2D eigenvalue weighted by molar-refractivity contribution is -0.380. The fourth-order valence-corrected chi connectivity index (χ4v) is 2.37. The molecule has 1 heterocycles. The summed E-state index contributed by atoms with van der Waals surface area (Å²) in [4.78, 5) is 11.2. The van der Waals surface area contributed by atoms with Gasteiger partial charge in [0.1, 0.15) is 0 Å². The topological polar surface area (TPSA) is 81.2 Å². The molecule has 16 heavy (non-hydrogen) atoms. The van der Waals surface area contributed by atoms with Gasteiger partial charge in [-0.05, 0) is 18.9 Å². The van der Waals surface area contributed by atoms with Crippen molar-refractivity contribution in [2.75, 3.05) is 13.1 Å². The normalized spacial score (nSPS) is 12.6. The minimum Gasteiger partial charge on any atom is -0.329 e. The second kappa shape index (κ2) is 6.57. The van der Waals surface area contributed by atoms with Gasteiger partial charge in [-0.3, -0.25) is 10.1 Å². The average Bonchev–Trinajstić information content (AvgIpc) is 2.72. The third kappa shape index (κ3) is 3.88. The van der Waals surface area contributed by atoms with Gasteiger partial charge < -0.3 is 11.1 Å². The van der Waals surface area contributed by atoms with E-state index in [0.717, 1.165) is 24.3 Å². The predicted octanol–water partition coefficient (Wildman–Crippen LogP) is 1.53. The molecule has 5 nitrogen and oxygen atoms in total. The maximum Gasteiger partial charge on any atom is 0.324 e. The van der Waals surface area contributed by atoms with Crippen LogP contribution in [0.15, 0.2) is 12.1 Å². The summed E-state index contributed by atoms with van der Waals surface area (Å²) in [6, 6.07) is 3.74. The average molecular weight is 243 g/mol. The summed E-state index contributed by atoms with van der Waals surface area (Å²) < 4.78 is 0. The maximum atomic E-state index is 10.5. The molecular weight excluding hydrogens is 226 g/mol. The number of rotatable bonds is 7. The fourth-order valence-electron chi connectivity index (χ4n) is 1.47. The highest BCUT2D eigenvalue weighted by molar-refractivity contribution is 7.15. The summed E-state index contributed by atoms with van der Waals surface area (Å²) in [6.07, 6.45) is 1.82. The summed E-state index contributed by atoms with van der Waals surface area (Å²) in [7, 11) is 0. The molecule has 3 N–H and O–H groups in total. The molecule has 1 unspecified atom stereocenters. The zero-order chi connectivity index (χ0) is 12.0. The van der Waals surface area contributed by atoms with E-state index in [2.05, 4.69) is 12.2 Å². The molecule has 0 bridgehead atoms. The van der Waals surface area contributed by atoms with Crippen LogP contribution < -0.4 is 11.1 Å². The Balaban J connectivity index is 2.52. The third-order valence-electron chi connectivity index (χ3n) is 2.35. The number of hydrogen-bond donors (Lipinski definition) is 2. The fraction of sp³-hybridized carbons (Fsp3) is 0.600. The van der Waals surface area contributed by atoms with Gasteiger partial charge in [0.2, 0.25) is 0 Å². The van der Waals surface area contributed by atoms with Gasteiger partial charge in [-0.2, -0.15) is 0 Å². The lowest BCUT2D eigenvalue weighted by atomic mass is 10.1. The molecule has 0 saturated heterocycles. The van der Waals surface area contributed by atoms with Crippen molar-refractivity contribution in [1.82, 2.24) is 5.32 Å². The van der Waals surface area contributed by atoms with Crippen molar-refractivity contribution in [2.24, 2.45) is 5.73 Å². The number of nitrogens with zero attached hydrogens (tertiary/aromatic N) is 1. The van der Waals surface area contributed by atoms with Crippen molar-refractivity contribution >= 4 is 16.3 Å². The van der Waals surface area contributed by atoms with E-state index in [4.69, 9.17) is 5.73 Å². The lowest BCUT2D eigenvalue weighted by Gasteiger charge is -2.14. The van der Waals surface area contributed by atoms with Crippen molar-refractivity contribution in [2.45, 2.75) is 25.8 Å². The first-order chi connectivity index (χ1) is 7.67. The van der Waals surface area contributed by atoms with Crippen LogP contribution in [-0.2, 0) is 6.42 Å². The van der Waals surface area contributed by atoms with Crippen LogP contribution in [0.4, 0.5) is 5.00 Å². The molecule has 0 aliphatic carbocycles. The Labute approximate surface area is 98.8 Å². The molecule has 0 saturated carbocycles. The number of nitrogens with one attached hydrogen (secondary N) is 1. The van der Waals surface area contributed by atoms with Gasteiger partial charge >= 0.3 is 5.00 Å². The van der Waals surface area contributed by atoms with Gasteiger partial charge in [0, 0.05) is 30.1 Å². The van der Waals surface area contributed by atoms with Gasteiger partial charge in [-0.1, -0.05) is 18.3 Å². The van der Waals surface area contributed by atoms with Crippen LogP contribution in [0, 0.1) is 10.1 Å². The van der Waals surface area contributed by atoms with E-state index in [0.29, 0.717) is 12.6 Å². The quantitative estimate of drug-likeness (QED) is 0.562. The smallest absolute Gasteiger partial charge is 0.324 e. The summed E-state index contributed by atoms with van der Waals surface area (Å²) in [5.74, 6) is 0. The highest BCUT2D eigenvalue weighted by Gasteiger charge is 2.13. The zero-order valence-electron chi connectivity index (χ0n) is 9.31. The number of thiophene rings is 1. The minimum absolute atomic E-state index is 0.212. The van der Waals surface area contributed by atoms with Crippen LogP contribution in [0.2, 0.25) is 0 Å². The van der Waals surface area contributed by atoms with Crippen molar-refractivity contribution in [3.63, 3.8) is 0 Å². The van der Waals surface area contributed by atoms with Crippen LogP contribution in [0.3, 0.4) is 0 Å². The number of nitro groups is 1. The zero-order valence-corrected chi connectivity index (χ0v) is 10.1. The Morgan fingerprint density at radius 1 is 1.62 bits per heavy atom. The van der Waals surface area contributed by atoms with E-state index >= 15 is 0 Å². The molecule has 1 atom stereocenters. The molecule has 1 rings (SSSR count). The lowest BCUT2D eigenvalue weighted by Crippen LogP contribution is -2.34. The summed E-state index contributed by atoms with van der Waals surface area (Å²) in [5, 5.41) is 14.1. The number of nitrogens with two attached hydrogens (primary N) is 1. The van der Waals surface area contributed by atoms with Gasteiger partial charge in [-0.15, -0.1) is 0 Å². The van der Waals surface area contributed by atoms with Crippen LogP contribution in [0.25, 0.3) is 0 Å². The van der Waals surface area contributed by atoms with Crippen LogP contribution in [0.1, 0.15) is 18.2 Å². The van der Waals surface area contributed by atoms with Crippen molar-refractivity contribution in [3.05, 3.63) is 27.1 Å². The molecule has 0 spiro atoms. The molecule has 0 aliphatic heterocycles. The Bertz CT molecular complexity index is 341. The largest absolute Gasteiger partial charge is 0.329 e. The van der Waals surface area contributed by atoms with E-state index in [-0.39, 0.29) is 9.92 Å². The molecule has 90 valence electrons. The van der Waals surface area contributed by atoms with E-state index in [1.165, 1.54) is 11.3 Å². The second-order valence-corrected chi connectivity index (χ2v) is 4.70. The van der Waals surface area contributed by atoms with Crippen LogP contribution >= 0.6 is 11.3 Å². The first kappa shape index (κ1) is 13.1. The maximum absolute atomic E-state index is 10.5. The van der Waals surface area contributed by atoms with E-state index < -0.39 is 0 Å². The molecule has 0 amide bonds. The van der Waals surface area contributed by atoms with Crippen molar-refractivity contribution in [3.8, 4) is 0 Å². The predicted molar refractivity (Wildman–Crippen MR) is 65.8 cm³/mol. The third-order valence-corrected chi connectivity index (χ3v) is 3.40. The summed E-state index contributed by atoms with van der Waals surface area (Å²) >= 11 is 1.25. The van der Waals surface area contributed by atoms with Crippen molar-refractivity contribution in [1.29, 1.82) is 0 Å². The highest BCUT2D eigenvalue weighted by atomic mass is 32.1. The first-order valence-electron chi connectivity index (χ1n) is 5.34. The SMILES string of the molecule is CCC(Cc1ccc([N+](=O)[O-])s1)NCCN. The molecule has 0 aromatic carbocycles. The van der Waals surface area contributed by atoms with E-state index in [1.807, 2.05) is 6.07 Å². The Kier molecular flexibility index (Phi) is 5.37.